The van der Waals surface area contributed by atoms with Gasteiger partial charge >= 0.3 is 0 Å². The van der Waals surface area contributed by atoms with Gasteiger partial charge in [0.2, 0.25) is 5.65 Å². The Morgan fingerprint density at radius 3 is 2.63 bits per heavy atom. The first kappa shape index (κ1) is 16.6. The smallest absolute Gasteiger partial charge is 0.200 e. The Morgan fingerprint density at radius 2 is 1.81 bits per heavy atom. The van der Waals surface area contributed by atoms with Crippen LogP contribution in [0.5, 0.6) is 0 Å². The summed E-state index contributed by atoms with van der Waals surface area (Å²) in [5, 5.41) is 23.7. The van der Waals surface area contributed by atoms with Gasteiger partial charge < -0.3 is 10.0 Å². The lowest BCUT2D eigenvalue weighted by atomic mass is 10.1. The average molecular weight is 364 g/mol. The number of piperidine rings is 1. The molecule has 5 rings (SSSR count). The van der Waals surface area contributed by atoms with E-state index in [0.29, 0.717) is 6.54 Å². The quantitative estimate of drug-likeness (QED) is 0.765. The summed E-state index contributed by atoms with van der Waals surface area (Å²) in [5.41, 5.74) is 3.66. The summed E-state index contributed by atoms with van der Waals surface area (Å²) < 4.78 is 1.73. The molecule has 27 heavy (non-hydrogen) atoms. The van der Waals surface area contributed by atoms with Gasteiger partial charge in [0.1, 0.15) is 6.33 Å². The molecule has 4 heterocycles. The molecule has 2 fully saturated rings. The maximum atomic E-state index is 10.7. The van der Waals surface area contributed by atoms with Crippen molar-refractivity contribution in [1.29, 1.82) is 0 Å². The number of fused-ring (bicyclic) bond motifs is 1. The molecule has 0 aliphatic carbocycles. The minimum Gasteiger partial charge on any atom is -0.390 e. The van der Waals surface area contributed by atoms with Crippen molar-refractivity contribution in [2.75, 3.05) is 31.1 Å². The fourth-order valence-electron chi connectivity index (χ4n) is 4.37. The van der Waals surface area contributed by atoms with Gasteiger partial charge in [-0.1, -0.05) is 36.8 Å². The summed E-state index contributed by atoms with van der Waals surface area (Å²) >= 11 is 0. The Morgan fingerprint density at radius 1 is 1.00 bits per heavy atom. The summed E-state index contributed by atoms with van der Waals surface area (Å²) in [5.74, 6) is 0. The number of β-amino-alcohol motifs (C(OH)–C–C–N with tert-alkyl or cyclic N) is 1. The number of nitrogens with zero attached hydrogens (tertiary/aromatic N) is 6. The van der Waals surface area contributed by atoms with Crippen LogP contribution in [0.25, 0.3) is 16.9 Å². The molecule has 140 valence electrons. The van der Waals surface area contributed by atoms with Gasteiger partial charge in [-0.15, -0.1) is 10.2 Å². The van der Waals surface area contributed by atoms with Crippen molar-refractivity contribution in [3.8, 4) is 11.3 Å². The summed E-state index contributed by atoms with van der Waals surface area (Å²) in [4.78, 5) is 4.69. The highest BCUT2D eigenvalue weighted by Gasteiger charge is 2.37. The zero-order valence-electron chi connectivity index (χ0n) is 15.3. The van der Waals surface area contributed by atoms with Crippen molar-refractivity contribution in [3.63, 3.8) is 0 Å². The molecule has 2 saturated heterocycles. The molecule has 0 bridgehead atoms. The van der Waals surface area contributed by atoms with Crippen molar-refractivity contribution < 1.29 is 5.11 Å². The molecule has 7 nitrogen and oxygen atoms in total. The monoisotopic (exact) mass is 364 g/mol. The van der Waals surface area contributed by atoms with E-state index in [1.165, 1.54) is 19.3 Å². The second kappa shape index (κ2) is 6.90. The summed E-state index contributed by atoms with van der Waals surface area (Å²) in [6.45, 7) is 3.59. The SMILES string of the molecule is O[C@H]1CN(c2cc(-c3ccccc3)nn3cnnc23)C[C@@H]1N1CCCCC1. The van der Waals surface area contributed by atoms with E-state index in [4.69, 9.17) is 0 Å². The third-order valence-electron chi connectivity index (χ3n) is 5.78. The van der Waals surface area contributed by atoms with Crippen LogP contribution in [-0.2, 0) is 0 Å². The number of aliphatic hydroxyl groups excluding tert-OH is 1. The van der Waals surface area contributed by atoms with Gasteiger partial charge in [-0.05, 0) is 32.0 Å². The molecule has 2 aliphatic rings. The van der Waals surface area contributed by atoms with Crippen molar-refractivity contribution in [1.82, 2.24) is 24.7 Å². The van der Waals surface area contributed by atoms with E-state index in [1.807, 2.05) is 18.2 Å². The third kappa shape index (κ3) is 3.07. The van der Waals surface area contributed by atoms with Crippen LogP contribution in [-0.4, -0.2) is 68.1 Å². The van der Waals surface area contributed by atoms with E-state index in [2.05, 4.69) is 43.3 Å². The number of anilines is 1. The highest BCUT2D eigenvalue weighted by atomic mass is 16.3. The molecule has 7 heteroatoms. The molecule has 2 aromatic heterocycles. The lowest BCUT2D eigenvalue weighted by molar-refractivity contribution is 0.0706. The van der Waals surface area contributed by atoms with Crippen LogP contribution in [0, 0.1) is 0 Å². The molecule has 2 atom stereocenters. The molecular weight excluding hydrogens is 340 g/mol. The first-order chi connectivity index (χ1) is 13.3. The van der Waals surface area contributed by atoms with E-state index in [-0.39, 0.29) is 12.1 Å². The van der Waals surface area contributed by atoms with Gasteiger partial charge in [-0.3, -0.25) is 4.90 Å². The van der Waals surface area contributed by atoms with Crippen molar-refractivity contribution in [2.45, 2.75) is 31.4 Å². The Kier molecular flexibility index (Phi) is 4.26. The fourth-order valence-corrected chi connectivity index (χ4v) is 4.37. The summed E-state index contributed by atoms with van der Waals surface area (Å²) in [7, 11) is 0. The van der Waals surface area contributed by atoms with Gasteiger partial charge in [-0.2, -0.15) is 9.61 Å². The van der Waals surface area contributed by atoms with E-state index < -0.39 is 0 Å². The van der Waals surface area contributed by atoms with Crippen molar-refractivity contribution in [3.05, 3.63) is 42.7 Å². The first-order valence-electron chi connectivity index (χ1n) is 9.73. The van der Waals surface area contributed by atoms with Crippen LogP contribution >= 0.6 is 0 Å². The molecule has 2 aliphatic heterocycles. The first-order valence-corrected chi connectivity index (χ1v) is 9.73. The van der Waals surface area contributed by atoms with E-state index in [9.17, 15) is 5.11 Å². The van der Waals surface area contributed by atoms with Crippen LogP contribution in [0.4, 0.5) is 5.69 Å². The highest BCUT2D eigenvalue weighted by Crippen LogP contribution is 2.30. The zero-order chi connectivity index (χ0) is 18.2. The van der Waals surface area contributed by atoms with Crippen molar-refractivity contribution in [2.24, 2.45) is 0 Å². The van der Waals surface area contributed by atoms with Gasteiger partial charge in [-0.25, -0.2) is 0 Å². The number of benzene rings is 1. The van der Waals surface area contributed by atoms with Crippen LogP contribution < -0.4 is 4.90 Å². The molecule has 0 amide bonds. The largest absolute Gasteiger partial charge is 0.390 e. The standard InChI is InChI=1S/C20H24N6O/c27-19-13-25(12-18(19)24-9-5-2-6-10-24)17-11-16(15-7-3-1-4-8-15)23-26-14-21-22-20(17)26/h1,3-4,7-8,11,14,18-19,27H,2,5-6,9-10,12-13H2/t18-,19-/m0/s1. The molecule has 0 unspecified atom stereocenters. The molecular formula is C20H24N6O. The number of rotatable bonds is 3. The third-order valence-corrected chi connectivity index (χ3v) is 5.78. The van der Waals surface area contributed by atoms with Gasteiger partial charge in [0.15, 0.2) is 0 Å². The predicted molar refractivity (Wildman–Crippen MR) is 104 cm³/mol. The van der Waals surface area contributed by atoms with Gasteiger partial charge in [0, 0.05) is 18.7 Å². The number of hydrogen-bond acceptors (Lipinski definition) is 6. The maximum absolute atomic E-state index is 10.7. The van der Waals surface area contributed by atoms with Gasteiger partial charge in [0.05, 0.1) is 23.5 Å². The highest BCUT2D eigenvalue weighted by molar-refractivity contribution is 5.74. The van der Waals surface area contributed by atoms with E-state index >= 15 is 0 Å². The lowest BCUT2D eigenvalue weighted by Gasteiger charge is -2.33. The fraction of sp³-hybridized carbons (Fsp3) is 0.450. The molecule has 3 aromatic rings. The number of aromatic nitrogens is 4. The Hall–Kier alpha value is -2.51. The number of likely N-dealkylation sites (tertiary alicyclic amines) is 1. The summed E-state index contributed by atoms with van der Waals surface area (Å²) in [6.07, 6.45) is 5.05. The summed E-state index contributed by atoms with van der Waals surface area (Å²) in [6, 6.07) is 12.4. The predicted octanol–water partition coefficient (Wildman–Crippen LogP) is 1.83. The van der Waals surface area contributed by atoms with Gasteiger partial charge in [0.25, 0.3) is 0 Å². The average Bonchev–Trinajstić information content (AvgIpc) is 3.35. The topological polar surface area (TPSA) is 69.8 Å². The Bertz CT molecular complexity index is 921. The van der Waals surface area contributed by atoms with E-state index in [0.717, 1.165) is 42.2 Å². The van der Waals surface area contributed by atoms with Crippen LogP contribution in [0.3, 0.4) is 0 Å². The molecule has 0 radical (unpaired) electrons. The molecule has 1 aromatic carbocycles. The minimum absolute atomic E-state index is 0.182. The van der Waals surface area contributed by atoms with Crippen LogP contribution in [0.15, 0.2) is 42.7 Å². The van der Waals surface area contributed by atoms with Crippen LogP contribution in [0.1, 0.15) is 19.3 Å². The zero-order valence-corrected chi connectivity index (χ0v) is 15.3. The molecule has 1 N–H and O–H groups in total. The number of aliphatic hydroxyl groups is 1. The second-order valence-electron chi connectivity index (χ2n) is 7.52. The van der Waals surface area contributed by atoms with Crippen molar-refractivity contribution >= 4 is 11.3 Å². The van der Waals surface area contributed by atoms with Crippen LogP contribution in [0.2, 0.25) is 0 Å². The lowest BCUT2D eigenvalue weighted by Crippen LogP contribution is -2.45. The molecule has 0 spiro atoms. The number of hydrogen-bond donors (Lipinski definition) is 1. The maximum Gasteiger partial charge on any atom is 0.200 e. The van der Waals surface area contributed by atoms with E-state index in [1.54, 1.807) is 10.8 Å². The normalized spacial score (nSPS) is 24.0. The second-order valence-corrected chi connectivity index (χ2v) is 7.52. The Balaban J connectivity index is 1.50. The minimum atomic E-state index is -0.348. The molecule has 0 saturated carbocycles. The Labute approximate surface area is 158 Å².